The summed E-state index contributed by atoms with van der Waals surface area (Å²) in [7, 11) is 0. The summed E-state index contributed by atoms with van der Waals surface area (Å²) in [5.41, 5.74) is 2.03. The lowest BCUT2D eigenvalue weighted by molar-refractivity contribution is 1.27. The first-order valence-corrected chi connectivity index (χ1v) is 4.96. The van der Waals surface area contributed by atoms with Gasteiger partial charge in [-0.3, -0.25) is 9.97 Å². The van der Waals surface area contributed by atoms with Crippen LogP contribution in [-0.2, 0) is 0 Å². The topological polar surface area (TPSA) is 25.8 Å². The molecule has 0 amide bonds. The molecule has 64 valence electrons. The van der Waals surface area contributed by atoms with E-state index in [1.807, 2.05) is 30.6 Å². The second-order valence-electron chi connectivity index (χ2n) is 2.61. The molecule has 0 aromatic carbocycles. The molecule has 2 aromatic rings. The minimum atomic E-state index is 0.966. The number of halogens is 1. The highest BCUT2D eigenvalue weighted by Gasteiger charge is 1.97. The van der Waals surface area contributed by atoms with Gasteiger partial charge < -0.3 is 0 Å². The van der Waals surface area contributed by atoms with Crippen LogP contribution in [0.1, 0.15) is 0 Å². The molecule has 0 fully saturated rings. The fraction of sp³-hybridized carbons (Fsp3) is 0. The van der Waals surface area contributed by atoms with Crippen LogP contribution >= 0.6 is 22.6 Å². The molecule has 0 N–H and O–H groups in total. The fourth-order valence-electron chi connectivity index (χ4n) is 1.09. The van der Waals surface area contributed by atoms with Crippen LogP contribution in [0, 0.1) is 3.57 Å². The largest absolute Gasteiger partial charge is 0.263 e. The summed E-state index contributed by atoms with van der Waals surface area (Å²) in [5, 5.41) is 0. The average molecular weight is 282 g/mol. The van der Waals surface area contributed by atoms with Gasteiger partial charge in [-0.25, -0.2) is 0 Å². The average Bonchev–Trinajstić information content (AvgIpc) is 2.19. The van der Waals surface area contributed by atoms with E-state index in [0.717, 1.165) is 14.8 Å². The van der Waals surface area contributed by atoms with Crippen LogP contribution in [0.4, 0.5) is 0 Å². The molecule has 13 heavy (non-hydrogen) atoms. The highest BCUT2D eigenvalue weighted by Crippen LogP contribution is 2.16. The summed E-state index contributed by atoms with van der Waals surface area (Å²) in [6.07, 6.45) is 5.44. The Hall–Kier alpha value is -0.970. The standard InChI is InChI=1S/C10H7IN2/c11-9-5-8(6-12-7-9)10-3-1-2-4-13-10/h1-7H. The van der Waals surface area contributed by atoms with Crippen LogP contribution in [0.15, 0.2) is 42.9 Å². The molecule has 0 aliphatic rings. The third kappa shape index (κ3) is 2.03. The first-order chi connectivity index (χ1) is 6.36. The van der Waals surface area contributed by atoms with E-state index in [4.69, 9.17) is 0 Å². The fourth-order valence-corrected chi connectivity index (χ4v) is 1.58. The lowest BCUT2D eigenvalue weighted by Gasteiger charge is -1.98. The van der Waals surface area contributed by atoms with E-state index in [-0.39, 0.29) is 0 Å². The maximum absolute atomic E-state index is 4.25. The van der Waals surface area contributed by atoms with Crippen molar-refractivity contribution in [3.8, 4) is 11.3 Å². The molecule has 2 aromatic heterocycles. The third-order valence-electron chi connectivity index (χ3n) is 1.67. The van der Waals surface area contributed by atoms with Crippen molar-refractivity contribution in [2.24, 2.45) is 0 Å². The van der Waals surface area contributed by atoms with Crippen molar-refractivity contribution < 1.29 is 0 Å². The minimum absolute atomic E-state index is 0.966. The molecule has 2 rings (SSSR count). The van der Waals surface area contributed by atoms with E-state index in [2.05, 4.69) is 38.6 Å². The summed E-state index contributed by atoms with van der Waals surface area (Å²) >= 11 is 2.24. The minimum Gasteiger partial charge on any atom is -0.263 e. The Kier molecular flexibility index (Phi) is 2.54. The Morgan fingerprint density at radius 1 is 1.15 bits per heavy atom. The molecule has 0 aliphatic carbocycles. The summed E-state index contributed by atoms with van der Waals surface area (Å²) in [5.74, 6) is 0. The van der Waals surface area contributed by atoms with Gasteiger partial charge >= 0.3 is 0 Å². The van der Waals surface area contributed by atoms with Crippen LogP contribution in [-0.4, -0.2) is 9.97 Å². The van der Waals surface area contributed by atoms with E-state index in [1.165, 1.54) is 0 Å². The van der Waals surface area contributed by atoms with Gasteiger partial charge in [0, 0.05) is 27.7 Å². The molecule has 0 saturated carbocycles. The van der Waals surface area contributed by atoms with Gasteiger partial charge in [0.25, 0.3) is 0 Å². The van der Waals surface area contributed by atoms with Crippen LogP contribution < -0.4 is 0 Å². The summed E-state index contributed by atoms with van der Waals surface area (Å²) in [4.78, 5) is 8.36. The maximum Gasteiger partial charge on any atom is 0.0717 e. The van der Waals surface area contributed by atoms with Gasteiger partial charge in [0.15, 0.2) is 0 Å². The van der Waals surface area contributed by atoms with E-state index in [0.29, 0.717) is 0 Å². The van der Waals surface area contributed by atoms with Gasteiger partial charge in [0.2, 0.25) is 0 Å². The molecule has 0 atom stereocenters. The van der Waals surface area contributed by atoms with Crippen LogP contribution in [0.2, 0.25) is 0 Å². The Labute approximate surface area is 90.2 Å². The van der Waals surface area contributed by atoms with Crippen LogP contribution in [0.25, 0.3) is 11.3 Å². The zero-order valence-corrected chi connectivity index (χ0v) is 8.97. The molecule has 0 saturated heterocycles. The second kappa shape index (κ2) is 3.83. The normalized spacial score (nSPS) is 9.92. The molecule has 2 nitrogen and oxygen atoms in total. The molecular formula is C10H7IN2. The Balaban J connectivity index is 2.48. The quantitative estimate of drug-likeness (QED) is 0.752. The van der Waals surface area contributed by atoms with E-state index >= 15 is 0 Å². The van der Waals surface area contributed by atoms with Crippen LogP contribution in [0.5, 0.6) is 0 Å². The number of nitrogens with zero attached hydrogens (tertiary/aromatic N) is 2. The van der Waals surface area contributed by atoms with Gasteiger partial charge in [-0.15, -0.1) is 0 Å². The molecule has 2 heterocycles. The lowest BCUT2D eigenvalue weighted by Crippen LogP contribution is -1.84. The van der Waals surface area contributed by atoms with Crippen molar-refractivity contribution in [2.45, 2.75) is 0 Å². The SMILES string of the molecule is Ic1cncc(-c2ccccn2)c1. The highest BCUT2D eigenvalue weighted by molar-refractivity contribution is 14.1. The molecular weight excluding hydrogens is 275 g/mol. The number of hydrogen-bond donors (Lipinski definition) is 0. The Bertz CT molecular complexity index is 401. The van der Waals surface area contributed by atoms with Crippen molar-refractivity contribution in [3.05, 3.63) is 46.4 Å². The highest BCUT2D eigenvalue weighted by atomic mass is 127. The van der Waals surface area contributed by atoms with Gasteiger partial charge in [-0.1, -0.05) is 6.07 Å². The van der Waals surface area contributed by atoms with Gasteiger partial charge in [0.1, 0.15) is 0 Å². The van der Waals surface area contributed by atoms with E-state index < -0.39 is 0 Å². The zero-order valence-electron chi connectivity index (χ0n) is 6.81. The van der Waals surface area contributed by atoms with Crippen molar-refractivity contribution in [1.82, 2.24) is 9.97 Å². The van der Waals surface area contributed by atoms with Gasteiger partial charge in [0.05, 0.1) is 5.69 Å². The van der Waals surface area contributed by atoms with E-state index in [9.17, 15) is 0 Å². The smallest absolute Gasteiger partial charge is 0.0717 e. The first-order valence-electron chi connectivity index (χ1n) is 3.88. The number of pyridine rings is 2. The lowest BCUT2D eigenvalue weighted by atomic mass is 10.2. The molecule has 0 spiro atoms. The zero-order chi connectivity index (χ0) is 9.10. The molecule has 3 heteroatoms. The summed E-state index contributed by atoms with van der Waals surface area (Å²) in [6, 6.07) is 7.93. The summed E-state index contributed by atoms with van der Waals surface area (Å²) in [6.45, 7) is 0. The molecule has 0 unspecified atom stereocenters. The predicted octanol–water partition coefficient (Wildman–Crippen LogP) is 2.75. The predicted molar refractivity (Wildman–Crippen MR) is 60.2 cm³/mol. The van der Waals surface area contributed by atoms with Crippen molar-refractivity contribution >= 4 is 22.6 Å². The summed E-state index contributed by atoms with van der Waals surface area (Å²) < 4.78 is 1.13. The maximum atomic E-state index is 4.25. The molecule has 0 bridgehead atoms. The van der Waals surface area contributed by atoms with Gasteiger partial charge in [-0.05, 0) is 40.8 Å². The Morgan fingerprint density at radius 2 is 2.08 bits per heavy atom. The van der Waals surface area contributed by atoms with E-state index in [1.54, 1.807) is 6.20 Å². The third-order valence-corrected chi connectivity index (χ3v) is 2.26. The van der Waals surface area contributed by atoms with Crippen molar-refractivity contribution in [3.63, 3.8) is 0 Å². The van der Waals surface area contributed by atoms with Gasteiger partial charge in [-0.2, -0.15) is 0 Å². The number of hydrogen-bond acceptors (Lipinski definition) is 2. The van der Waals surface area contributed by atoms with Crippen LogP contribution in [0.3, 0.4) is 0 Å². The first kappa shape index (κ1) is 8.62. The molecule has 0 aliphatic heterocycles. The Morgan fingerprint density at radius 3 is 2.77 bits per heavy atom. The number of aromatic nitrogens is 2. The monoisotopic (exact) mass is 282 g/mol. The second-order valence-corrected chi connectivity index (χ2v) is 3.85. The van der Waals surface area contributed by atoms with Crippen molar-refractivity contribution in [2.75, 3.05) is 0 Å². The number of rotatable bonds is 1. The molecule has 0 radical (unpaired) electrons. The van der Waals surface area contributed by atoms with Crippen molar-refractivity contribution in [1.29, 1.82) is 0 Å².